The second-order valence-corrected chi connectivity index (χ2v) is 5.63. The van der Waals surface area contributed by atoms with Gasteiger partial charge in [0.05, 0.1) is 19.8 Å². The fraction of sp³-hybridized carbons (Fsp3) is 0.625. The third kappa shape index (κ3) is 3.72. The largest absolute Gasteiger partial charge is 0.496 e. The summed E-state index contributed by atoms with van der Waals surface area (Å²) in [4.78, 5) is 2.46. The van der Waals surface area contributed by atoms with Crippen molar-refractivity contribution in [1.29, 1.82) is 0 Å². The highest BCUT2D eigenvalue weighted by Crippen LogP contribution is 2.21. The summed E-state index contributed by atoms with van der Waals surface area (Å²) in [6.07, 6.45) is 1.12. The Morgan fingerprint density at radius 2 is 2.15 bits per heavy atom. The van der Waals surface area contributed by atoms with Gasteiger partial charge in [0.1, 0.15) is 5.75 Å². The quantitative estimate of drug-likeness (QED) is 0.890. The summed E-state index contributed by atoms with van der Waals surface area (Å²) in [7, 11) is 1.73. The van der Waals surface area contributed by atoms with E-state index in [9.17, 15) is 0 Å². The number of hydrogen-bond acceptors (Lipinski definition) is 4. The van der Waals surface area contributed by atoms with Crippen LogP contribution in [0.4, 0.5) is 0 Å². The highest BCUT2D eigenvalue weighted by molar-refractivity contribution is 5.33. The number of para-hydroxylation sites is 1. The standard InChI is InChI=1S/C16H26N2O2/c1-12(10-14-6-4-5-7-15(14)19-3)18-8-9-20-16(11-18)13(2)17/h4-7,12-13,16H,8-11,17H2,1-3H3. The fourth-order valence-electron chi connectivity index (χ4n) is 2.73. The molecule has 20 heavy (non-hydrogen) atoms. The van der Waals surface area contributed by atoms with E-state index in [-0.39, 0.29) is 12.1 Å². The van der Waals surface area contributed by atoms with E-state index >= 15 is 0 Å². The lowest BCUT2D eigenvalue weighted by atomic mass is 10.0. The maximum absolute atomic E-state index is 5.96. The number of hydrogen-bond donors (Lipinski definition) is 1. The molecule has 2 rings (SSSR count). The molecular weight excluding hydrogens is 252 g/mol. The Morgan fingerprint density at radius 3 is 2.85 bits per heavy atom. The summed E-state index contributed by atoms with van der Waals surface area (Å²) in [5, 5.41) is 0. The van der Waals surface area contributed by atoms with Crippen LogP contribution in [-0.2, 0) is 11.2 Å². The van der Waals surface area contributed by atoms with Gasteiger partial charge in [-0.2, -0.15) is 0 Å². The molecule has 3 unspecified atom stereocenters. The molecule has 112 valence electrons. The van der Waals surface area contributed by atoms with Crippen molar-refractivity contribution in [3.63, 3.8) is 0 Å². The molecule has 2 N–H and O–H groups in total. The Bertz CT molecular complexity index is 423. The van der Waals surface area contributed by atoms with Gasteiger partial charge in [0.2, 0.25) is 0 Å². The topological polar surface area (TPSA) is 47.7 Å². The first-order valence-electron chi connectivity index (χ1n) is 7.35. The summed E-state index contributed by atoms with van der Waals surface area (Å²) in [6.45, 7) is 6.92. The molecule has 1 saturated heterocycles. The van der Waals surface area contributed by atoms with E-state index in [2.05, 4.69) is 24.0 Å². The number of rotatable bonds is 5. The molecule has 0 bridgehead atoms. The minimum atomic E-state index is 0.0799. The van der Waals surface area contributed by atoms with Crippen LogP contribution in [0.1, 0.15) is 19.4 Å². The first kappa shape index (κ1) is 15.3. The lowest BCUT2D eigenvalue weighted by molar-refractivity contribution is -0.0492. The van der Waals surface area contributed by atoms with Gasteiger partial charge in [0.25, 0.3) is 0 Å². The molecule has 0 amide bonds. The Balaban J connectivity index is 1.99. The van der Waals surface area contributed by atoms with E-state index < -0.39 is 0 Å². The molecule has 3 atom stereocenters. The van der Waals surface area contributed by atoms with Gasteiger partial charge >= 0.3 is 0 Å². The first-order chi connectivity index (χ1) is 9.61. The lowest BCUT2D eigenvalue weighted by Crippen LogP contribution is -2.52. The van der Waals surface area contributed by atoms with E-state index in [1.54, 1.807) is 7.11 Å². The molecule has 4 heteroatoms. The molecule has 4 nitrogen and oxygen atoms in total. The van der Waals surface area contributed by atoms with Crippen LogP contribution >= 0.6 is 0 Å². The van der Waals surface area contributed by atoms with Crippen molar-refractivity contribution >= 4 is 0 Å². The maximum Gasteiger partial charge on any atom is 0.122 e. The summed E-state index contributed by atoms with van der Waals surface area (Å²) < 4.78 is 11.2. The van der Waals surface area contributed by atoms with Crippen LogP contribution in [0.15, 0.2) is 24.3 Å². The Hall–Kier alpha value is -1.10. The van der Waals surface area contributed by atoms with Crippen LogP contribution in [-0.4, -0.2) is 49.9 Å². The lowest BCUT2D eigenvalue weighted by Gasteiger charge is -2.38. The number of ether oxygens (including phenoxy) is 2. The van der Waals surface area contributed by atoms with E-state index in [0.29, 0.717) is 6.04 Å². The van der Waals surface area contributed by atoms with Crippen molar-refractivity contribution in [2.45, 2.75) is 38.5 Å². The van der Waals surface area contributed by atoms with E-state index in [0.717, 1.165) is 31.9 Å². The van der Waals surface area contributed by atoms with Gasteiger partial charge in [-0.1, -0.05) is 18.2 Å². The van der Waals surface area contributed by atoms with Crippen LogP contribution in [0.2, 0.25) is 0 Å². The Kier molecular flexibility index (Phi) is 5.40. The predicted octanol–water partition coefficient (Wildman–Crippen LogP) is 1.67. The number of nitrogens with two attached hydrogens (primary N) is 1. The van der Waals surface area contributed by atoms with Crippen LogP contribution in [0, 0.1) is 0 Å². The van der Waals surface area contributed by atoms with Crippen LogP contribution in [0.5, 0.6) is 5.75 Å². The van der Waals surface area contributed by atoms with Crippen molar-refractivity contribution < 1.29 is 9.47 Å². The molecule has 1 aliphatic heterocycles. The summed E-state index contributed by atoms with van der Waals surface area (Å²) >= 11 is 0. The molecule has 1 aromatic carbocycles. The molecule has 1 aromatic rings. The molecule has 0 radical (unpaired) electrons. The summed E-state index contributed by atoms with van der Waals surface area (Å²) in [6, 6.07) is 8.76. The molecule has 1 fully saturated rings. The van der Waals surface area contributed by atoms with Gasteiger partial charge in [-0.05, 0) is 31.9 Å². The van der Waals surface area contributed by atoms with Crippen molar-refractivity contribution in [3.05, 3.63) is 29.8 Å². The second-order valence-electron chi connectivity index (χ2n) is 5.63. The van der Waals surface area contributed by atoms with E-state index in [4.69, 9.17) is 15.2 Å². The Labute approximate surface area is 121 Å². The first-order valence-corrected chi connectivity index (χ1v) is 7.35. The normalized spacial score (nSPS) is 23.3. The van der Waals surface area contributed by atoms with E-state index in [1.165, 1.54) is 5.56 Å². The highest BCUT2D eigenvalue weighted by Gasteiger charge is 2.26. The Morgan fingerprint density at radius 1 is 1.40 bits per heavy atom. The van der Waals surface area contributed by atoms with Crippen molar-refractivity contribution in [2.24, 2.45) is 5.73 Å². The van der Waals surface area contributed by atoms with Crippen LogP contribution < -0.4 is 10.5 Å². The smallest absolute Gasteiger partial charge is 0.122 e. The van der Waals surface area contributed by atoms with Crippen molar-refractivity contribution in [1.82, 2.24) is 4.90 Å². The number of morpholine rings is 1. The second kappa shape index (κ2) is 7.07. The molecule has 0 aliphatic carbocycles. The average molecular weight is 278 g/mol. The van der Waals surface area contributed by atoms with Crippen LogP contribution in [0.25, 0.3) is 0 Å². The number of benzene rings is 1. The van der Waals surface area contributed by atoms with Gasteiger partial charge < -0.3 is 15.2 Å². The maximum atomic E-state index is 5.96. The van der Waals surface area contributed by atoms with Gasteiger partial charge in [-0.25, -0.2) is 0 Å². The molecule has 0 aromatic heterocycles. The zero-order chi connectivity index (χ0) is 14.5. The summed E-state index contributed by atoms with van der Waals surface area (Å²) in [5.41, 5.74) is 7.21. The third-order valence-corrected chi connectivity index (χ3v) is 4.04. The molecule has 1 heterocycles. The molecular formula is C16H26N2O2. The van der Waals surface area contributed by atoms with Gasteiger partial charge in [0, 0.05) is 25.2 Å². The fourth-order valence-corrected chi connectivity index (χ4v) is 2.73. The highest BCUT2D eigenvalue weighted by atomic mass is 16.5. The third-order valence-electron chi connectivity index (χ3n) is 4.04. The minimum Gasteiger partial charge on any atom is -0.496 e. The SMILES string of the molecule is COc1ccccc1CC(C)N1CCOC(C(C)N)C1. The number of methoxy groups -OCH3 is 1. The monoisotopic (exact) mass is 278 g/mol. The van der Waals surface area contributed by atoms with Gasteiger partial charge in [-0.3, -0.25) is 4.90 Å². The van der Waals surface area contributed by atoms with Crippen molar-refractivity contribution in [3.8, 4) is 5.75 Å². The van der Waals surface area contributed by atoms with Gasteiger partial charge in [0.15, 0.2) is 0 Å². The zero-order valence-electron chi connectivity index (χ0n) is 12.7. The van der Waals surface area contributed by atoms with E-state index in [1.807, 2.05) is 19.1 Å². The molecule has 0 spiro atoms. The average Bonchev–Trinajstić information content (AvgIpc) is 2.48. The summed E-state index contributed by atoms with van der Waals surface area (Å²) in [5.74, 6) is 0.969. The number of nitrogens with zero attached hydrogens (tertiary/aromatic N) is 1. The minimum absolute atomic E-state index is 0.0799. The van der Waals surface area contributed by atoms with Crippen LogP contribution in [0.3, 0.4) is 0 Å². The van der Waals surface area contributed by atoms with Gasteiger partial charge in [-0.15, -0.1) is 0 Å². The molecule has 0 saturated carbocycles. The molecule has 1 aliphatic rings. The van der Waals surface area contributed by atoms with Crippen molar-refractivity contribution in [2.75, 3.05) is 26.8 Å². The zero-order valence-corrected chi connectivity index (χ0v) is 12.7. The predicted molar refractivity (Wildman–Crippen MR) is 81.1 cm³/mol.